The van der Waals surface area contributed by atoms with E-state index in [9.17, 15) is 0 Å². The van der Waals surface area contributed by atoms with Crippen molar-refractivity contribution in [3.8, 4) is 0 Å². The maximum atomic E-state index is 6.21. The highest BCUT2D eigenvalue weighted by molar-refractivity contribution is 4.98. The fourth-order valence-corrected chi connectivity index (χ4v) is 4.14. The predicted octanol–water partition coefficient (Wildman–Crippen LogP) is 2.78. The van der Waals surface area contributed by atoms with Gasteiger partial charge in [0.2, 0.25) is 0 Å². The van der Waals surface area contributed by atoms with Crippen LogP contribution in [0.25, 0.3) is 0 Å². The molecule has 1 aliphatic carbocycles. The molecule has 2 aliphatic rings. The molecule has 4 atom stereocenters. The van der Waals surface area contributed by atoms with Gasteiger partial charge in [0.15, 0.2) is 0 Å². The van der Waals surface area contributed by atoms with E-state index in [1.165, 1.54) is 25.7 Å². The zero-order valence-corrected chi connectivity index (χ0v) is 13.0. The molecule has 2 fully saturated rings. The van der Waals surface area contributed by atoms with Crippen LogP contribution in [0.1, 0.15) is 58.8 Å². The fourth-order valence-electron chi connectivity index (χ4n) is 4.14. The van der Waals surface area contributed by atoms with Gasteiger partial charge in [-0.25, -0.2) is 0 Å². The number of rotatable bonds is 4. The van der Waals surface area contributed by atoms with E-state index in [0.717, 1.165) is 38.3 Å². The third kappa shape index (κ3) is 3.14. The first-order chi connectivity index (χ1) is 9.13. The molecule has 1 saturated heterocycles. The highest BCUT2D eigenvalue weighted by Crippen LogP contribution is 2.37. The standard InChI is InChI=1S/C16H32N2O/c1-4-14-11-16(12-17,9-10-19-14)18(3)15-8-6-5-7-13(15)2/h13-15H,4-12,17H2,1-3H3. The zero-order chi connectivity index (χ0) is 13.9. The Morgan fingerprint density at radius 3 is 2.68 bits per heavy atom. The van der Waals surface area contributed by atoms with Crippen molar-refractivity contribution >= 4 is 0 Å². The molecule has 2 N–H and O–H groups in total. The molecule has 0 amide bonds. The molecular weight excluding hydrogens is 236 g/mol. The van der Waals surface area contributed by atoms with E-state index in [1.54, 1.807) is 0 Å². The molecule has 3 nitrogen and oxygen atoms in total. The summed E-state index contributed by atoms with van der Waals surface area (Å²) in [6, 6.07) is 0.716. The first-order valence-electron chi connectivity index (χ1n) is 8.17. The summed E-state index contributed by atoms with van der Waals surface area (Å²) in [6.07, 6.45) is 9.23. The minimum absolute atomic E-state index is 0.176. The highest BCUT2D eigenvalue weighted by atomic mass is 16.5. The van der Waals surface area contributed by atoms with E-state index in [-0.39, 0.29) is 5.54 Å². The molecule has 3 heteroatoms. The van der Waals surface area contributed by atoms with Crippen LogP contribution in [-0.4, -0.2) is 42.8 Å². The first kappa shape index (κ1) is 15.3. The molecule has 1 aliphatic heterocycles. The Morgan fingerprint density at radius 2 is 2.05 bits per heavy atom. The van der Waals surface area contributed by atoms with Crippen molar-refractivity contribution in [1.82, 2.24) is 4.90 Å². The fraction of sp³-hybridized carbons (Fsp3) is 1.00. The van der Waals surface area contributed by atoms with Crippen molar-refractivity contribution in [3.05, 3.63) is 0 Å². The van der Waals surface area contributed by atoms with Gasteiger partial charge in [-0.15, -0.1) is 0 Å². The summed E-state index contributed by atoms with van der Waals surface area (Å²) < 4.78 is 5.87. The SMILES string of the molecule is CCC1CC(CN)(N(C)C2CCCCC2C)CCO1. The Bertz CT molecular complexity index is 284. The molecule has 0 bridgehead atoms. The molecule has 112 valence electrons. The van der Waals surface area contributed by atoms with Gasteiger partial charge in [0.05, 0.1) is 6.10 Å². The van der Waals surface area contributed by atoms with Crippen LogP contribution < -0.4 is 5.73 Å². The van der Waals surface area contributed by atoms with Crippen LogP contribution in [0.15, 0.2) is 0 Å². The minimum atomic E-state index is 0.176. The Hall–Kier alpha value is -0.120. The number of ether oxygens (including phenoxy) is 1. The van der Waals surface area contributed by atoms with Gasteiger partial charge in [-0.3, -0.25) is 4.90 Å². The van der Waals surface area contributed by atoms with Gasteiger partial charge in [0.25, 0.3) is 0 Å². The quantitative estimate of drug-likeness (QED) is 0.852. The molecule has 0 spiro atoms. The normalized spacial score (nSPS) is 40.6. The van der Waals surface area contributed by atoms with E-state index in [1.807, 2.05) is 0 Å². The lowest BCUT2D eigenvalue weighted by Crippen LogP contribution is -2.61. The van der Waals surface area contributed by atoms with E-state index in [0.29, 0.717) is 12.1 Å². The molecule has 0 aromatic carbocycles. The predicted molar refractivity (Wildman–Crippen MR) is 80.2 cm³/mol. The van der Waals surface area contributed by atoms with Crippen LogP contribution in [0.2, 0.25) is 0 Å². The van der Waals surface area contributed by atoms with Crippen molar-refractivity contribution < 1.29 is 4.74 Å². The number of nitrogens with zero attached hydrogens (tertiary/aromatic N) is 1. The van der Waals surface area contributed by atoms with E-state index in [2.05, 4.69) is 25.8 Å². The summed E-state index contributed by atoms with van der Waals surface area (Å²) in [7, 11) is 2.32. The second kappa shape index (κ2) is 6.55. The number of nitrogens with two attached hydrogens (primary N) is 1. The smallest absolute Gasteiger partial charge is 0.0590 e. The van der Waals surface area contributed by atoms with Crippen LogP contribution in [-0.2, 0) is 4.74 Å². The van der Waals surface area contributed by atoms with Crippen molar-refractivity contribution in [3.63, 3.8) is 0 Å². The van der Waals surface area contributed by atoms with Crippen molar-refractivity contribution in [2.24, 2.45) is 11.7 Å². The topological polar surface area (TPSA) is 38.5 Å². The number of likely N-dealkylation sites (N-methyl/N-ethyl adjacent to an activating group) is 1. The Balaban J connectivity index is 2.10. The molecule has 2 rings (SSSR count). The van der Waals surface area contributed by atoms with Crippen LogP contribution in [0.3, 0.4) is 0 Å². The largest absolute Gasteiger partial charge is 0.378 e. The van der Waals surface area contributed by atoms with Crippen LogP contribution >= 0.6 is 0 Å². The molecule has 0 aromatic rings. The Labute approximate surface area is 118 Å². The molecule has 19 heavy (non-hydrogen) atoms. The summed E-state index contributed by atoms with van der Waals surface area (Å²) in [5.41, 5.74) is 6.39. The minimum Gasteiger partial charge on any atom is -0.378 e. The maximum absolute atomic E-state index is 6.21. The summed E-state index contributed by atoms with van der Waals surface area (Å²) in [4.78, 5) is 2.64. The summed E-state index contributed by atoms with van der Waals surface area (Å²) in [5, 5.41) is 0. The van der Waals surface area contributed by atoms with Gasteiger partial charge in [-0.05, 0) is 45.1 Å². The second-order valence-electron chi connectivity index (χ2n) is 6.72. The van der Waals surface area contributed by atoms with Crippen molar-refractivity contribution in [2.45, 2.75) is 76.5 Å². The third-order valence-corrected chi connectivity index (χ3v) is 5.68. The van der Waals surface area contributed by atoms with E-state index < -0.39 is 0 Å². The lowest BCUT2D eigenvalue weighted by Gasteiger charge is -2.51. The first-order valence-corrected chi connectivity index (χ1v) is 8.17. The van der Waals surface area contributed by atoms with Gasteiger partial charge in [-0.2, -0.15) is 0 Å². The summed E-state index contributed by atoms with van der Waals surface area (Å²) in [6.45, 7) is 6.29. The maximum Gasteiger partial charge on any atom is 0.0590 e. The zero-order valence-electron chi connectivity index (χ0n) is 13.0. The lowest BCUT2D eigenvalue weighted by molar-refractivity contribution is -0.0856. The summed E-state index contributed by atoms with van der Waals surface area (Å²) in [5.74, 6) is 0.810. The van der Waals surface area contributed by atoms with Crippen molar-refractivity contribution in [1.29, 1.82) is 0 Å². The molecule has 1 saturated carbocycles. The van der Waals surface area contributed by atoms with Crippen molar-refractivity contribution in [2.75, 3.05) is 20.2 Å². The van der Waals surface area contributed by atoms with Gasteiger partial charge in [0, 0.05) is 24.7 Å². The highest BCUT2D eigenvalue weighted by Gasteiger charge is 2.42. The molecule has 0 radical (unpaired) electrons. The Morgan fingerprint density at radius 1 is 1.32 bits per heavy atom. The number of hydrogen-bond donors (Lipinski definition) is 1. The molecular formula is C16H32N2O. The second-order valence-corrected chi connectivity index (χ2v) is 6.72. The van der Waals surface area contributed by atoms with Gasteiger partial charge < -0.3 is 10.5 Å². The van der Waals surface area contributed by atoms with Crippen LogP contribution in [0.4, 0.5) is 0 Å². The Kier molecular flexibility index (Phi) is 5.27. The van der Waals surface area contributed by atoms with Gasteiger partial charge in [-0.1, -0.05) is 26.7 Å². The average molecular weight is 268 g/mol. The van der Waals surface area contributed by atoms with E-state index in [4.69, 9.17) is 10.5 Å². The van der Waals surface area contributed by atoms with Gasteiger partial charge >= 0.3 is 0 Å². The lowest BCUT2D eigenvalue weighted by atomic mass is 9.78. The van der Waals surface area contributed by atoms with Crippen LogP contribution in [0.5, 0.6) is 0 Å². The van der Waals surface area contributed by atoms with Crippen LogP contribution in [0, 0.1) is 5.92 Å². The molecule has 4 unspecified atom stereocenters. The monoisotopic (exact) mass is 268 g/mol. The summed E-state index contributed by atoms with van der Waals surface area (Å²) >= 11 is 0. The molecule has 1 heterocycles. The van der Waals surface area contributed by atoms with E-state index >= 15 is 0 Å². The number of hydrogen-bond acceptors (Lipinski definition) is 3. The van der Waals surface area contributed by atoms with Gasteiger partial charge in [0.1, 0.15) is 0 Å². The third-order valence-electron chi connectivity index (χ3n) is 5.68. The molecule has 0 aromatic heterocycles. The average Bonchev–Trinajstić information content (AvgIpc) is 2.47.